The molecule has 1 heterocycles. The van der Waals surface area contributed by atoms with E-state index >= 15 is 0 Å². The number of anilines is 1. The number of sulfonamides is 2. The van der Waals surface area contributed by atoms with Crippen molar-refractivity contribution in [3.63, 3.8) is 0 Å². The number of hydrogen-bond acceptors (Lipinski definition) is 5. The van der Waals surface area contributed by atoms with Gasteiger partial charge < -0.3 is 0 Å². The molecule has 1 N–H and O–H groups in total. The summed E-state index contributed by atoms with van der Waals surface area (Å²) in [6.07, 6.45) is 0.137. The first-order chi connectivity index (χ1) is 16.1. The molecule has 178 valence electrons. The smallest absolute Gasteiger partial charge is 0.279 e. The van der Waals surface area contributed by atoms with Gasteiger partial charge in [-0.2, -0.15) is 17.9 Å². The van der Waals surface area contributed by atoms with Gasteiger partial charge in [-0.15, -0.1) is 0 Å². The van der Waals surface area contributed by atoms with Crippen molar-refractivity contribution >= 4 is 31.4 Å². The maximum absolute atomic E-state index is 13.9. The predicted octanol–water partition coefficient (Wildman–Crippen LogP) is 4.27. The second-order valence-corrected chi connectivity index (χ2v) is 11.4. The number of hydrazone groups is 1. The van der Waals surface area contributed by atoms with E-state index in [-0.39, 0.29) is 17.1 Å². The molecule has 4 rings (SSSR count). The highest BCUT2D eigenvalue weighted by Gasteiger charge is 2.38. The van der Waals surface area contributed by atoms with E-state index in [4.69, 9.17) is 0 Å². The molecule has 0 amide bonds. The largest absolute Gasteiger partial charge is 0.284 e. The van der Waals surface area contributed by atoms with Crippen LogP contribution in [0.2, 0.25) is 0 Å². The SMILES string of the molecule is CCS(=O)(=O)Nc1ccc(C2=NN(S(=O)(=O)c3cccc(F)c3)[C@@H](c3cccc(F)c3)C2)cc1. The Hall–Kier alpha value is -3.31. The number of halogens is 2. The van der Waals surface area contributed by atoms with Gasteiger partial charge in [0, 0.05) is 12.1 Å². The van der Waals surface area contributed by atoms with Crippen molar-refractivity contribution in [2.24, 2.45) is 5.10 Å². The first-order valence-corrected chi connectivity index (χ1v) is 13.4. The summed E-state index contributed by atoms with van der Waals surface area (Å²) in [5.74, 6) is -1.32. The molecular weight excluding hydrogens is 484 g/mol. The van der Waals surface area contributed by atoms with Crippen molar-refractivity contribution in [1.82, 2.24) is 4.41 Å². The van der Waals surface area contributed by atoms with Crippen LogP contribution in [-0.4, -0.2) is 32.7 Å². The minimum absolute atomic E-state index is 0.0797. The molecule has 0 radical (unpaired) electrons. The van der Waals surface area contributed by atoms with Gasteiger partial charge >= 0.3 is 0 Å². The molecular formula is C23H21F2N3O4S2. The van der Waals surface area contributed by atoms with E-state index in [9.17, 15) is 25.6 Å². The Morgan fingerprint density at radius 1 is 0.941 bits per heavy atom. The van der Waals surface area contributed by atoms with E-state index in [1.807, 2.05) is 0 Å². The standard InChI is InChI=1S/C23H21F2N3O4S2/c1-2-33(29,30)27-20-11-9-16(10-12-20)22-15-23(17-5-3-6-18(24)13-17)28(26-22)34(31,32)21-8-4-7-19(25)14-21/h3-14,23,27H,2,15H2,1H3/t23-/m1/s1. The van der Waals surface area contributed by atoms with Gasteiger partial charge in [-0.25, -0.2) is 17.2 Å². The van der Waals surface area contributed by atoms with Crippen LogP contribution in [0, 0.1) is 11.6 Å². The lowest BCUT2D eigenvalue weighted by molar-refractivity contribution is 0.370. The van der Waals surface area contributed by atoms with Crippen LogP contribution in [0.4, 0.5) is 14.5 Å². The first-order valence-electron chi connectivity index (χ1n) is 10.3. The Morgan fingerprint density at radius 2 is 1.59 bits per heavy atom. The summed E-state index contributed by atoms with van der Waals surface area (Å²) in [6.45, 7) is 1.52. The van der Waals surface area contributed by atoms with Crippen LogP contribution in [0.15, 0.2) is 82.8 Å². The van der Waals surface area contributed by atoms with Crippen molar-refractivity contribution < 1.29 is 25.6 Å². The van der Waals surface area contributed by atoms with Crippen LogP contribution >= 0.6 is 0 Å². The van der Waals surface area contributed by atoms with Crippen LogP contribution in [0.25, 0.3) is 0 Å². The van der Waals surface area contributed by atoms with Gasteiger partial charge in [-0.05, 0) is 60.5 Å². The van der Waals surface area contributed by atoms with Gasteiger partial charge in [0.25, 0.3) is 10.0 Å². The second-order valence-electron chi connectivity index (χ2n) is 7.64. The molecule has 1 aliphatic heterocycles. The van der Waals surface area contributed by atoms with Gasteiger partial charge in [0.05, 0.1) is 22.4 Å². The molecule has 0 saturated heterocycles. The zero-order valence-electron chi connectivity index (χ0n) is 18.0. The molecule has 34 heavy (non-hydrogen) atoms. The molecule has 3 aromatic carbocycles. The molecule has 0 saturated carbocycles. The first kappa shape index (κ1) is 23.8. The highest BCUT2D eigenvalue weighted by molar-refractivity contribution is 7.92. The van der Waals surface area contributed by atoms with Crippen LogP contribution in [0.5, 0.6) is 0 Å². The highest BCUT2D eigenvalue weighted by Crippen LogP contribution is 2.37. The molecule has 11 heteroatoms. The maximum Gasteiger partial charge on any atom is 0.279 e. The molecule has 1 aliphatic rings. The summed E-state index contributed by atoms with van der Waals surface area (Å²) in [6, 6.07) is 15.6. The van der Waals surface area contributed by atoms with Crippen LogP contribution in [0.3, 0.4) is 0 Å². The van der Waals surface area contributed by atoms with E-state index in [0.717, 1.165) is 16.5 Å². The third-order valence-electron chi connectivity index (χ3n) is 5.32. The summed E-state index contributed by atoms with van der Waals surface area (Å²) < 4.78 is 81.3. The van der Waals surface area contributed by atoms with E-state index in [1.165, 1.54) is 37.3 Å². The fraction of sp³-hybridized carbons (Fsp3) is 0.174. The van der Waals surface area contributed by atoms with Gasteiger partial charge in [0.2, 0.25) is 10.0 Å². The Morgan fingerprint density at radius 3 is 2.21 bits per heavy atom. The van der Waals surface area contributed by atoms with Crippen molar-refractivity contribution in [1.29, 1.82) is 0 Å². The van der Waals surface area contributed by atoms with E-state index < -0.39 is 37.7 Å². The Kier molecular flexibility index (Phi) is 6.41. The van der Waals surface area contributed by atoms with Crippen LogP contribution < -0.4 is 4.72 Å². The van der Waals surface area contributed by atoms with E-state index in [1.54, 1.807) is 30.3 Å². The highest BCUT2D eigenvalue weighted by atomic mass is 32.2. The van der Waals surface area contributed by atoms with Crippen molar-refractivity contribution in [2.75, 3.05) is 10.5 Å². The van der Waals surface area contributed by atoms with Crippen molar-refractivity contribution in [2.45, 2.75) is 24.3 Å². The molecule has 0 aromatic heterocycles. The lowest BCUT2D eigenvalue weighted by Crippen LogP contribution is -2.27. The summed E-state index contributed by atoms with van der Waals surface area (Å²) in [5.41, 5.74) is 1.72. The third-order valence-corrected chi connectivity index (χ3v) is 8.30. The molecule has 3 aromatic rings. The number of rotatable bonds is 7. The second kappa shape index (κ2) is 9.15. The molecule has 0 spiro atoms. The van der Waals surface area contributed by atoms with Crippen molar-refractivity contribution in [3.8, 4) is 0 Å². The fourth-order valence-electron chi connectivity index (χ4n) is 3.56. The zero-order valence-corrected chi connectivity index (χ0v) is 19.7. The summed E-state index contributed by atoms with van der Waals surface area (Å²) in [5, 5.41) is 4.32. The topological polar surface area (TPSA) is 95.9 Å². The quantitative estimate of drug-likeness (QED) is 0.519. The third kappa shape index (κ3) is 4.95. The number of hydrogen-bond donors (Lipinski definition) is 1. The van der Waals surface area contributed by atoms with Gasteiger partial charge in [-0.1, -0.05) is 30.3 Å². The lowest BCUT2D eigenvalue weighted by Gasteiger charge is -2.23. The summed E-state index contributed by atoms with van der Waals surface area (Å²) >= 11 is 0. The predicted molar refractivity (Wildman–Crippen MR) is 125 cm³/mol. The molecule has 0 bridgehead atoms. The number of benzene rings is 3. The minimum Gasteiger partial charge on any atom is -0.284 e. The normalized spacial score (nSPS) is 16.4. The Labute approximate surface area is 196 Å². The average molecular weight is 506 g/mol. The van der Waals surface area contributed by atoms with E-state index in [2.05, 4.69) is 9.82 Å². The minimum atomic E-state index is -4.26. The van der Waals surface area contributed by atoms with Gasteiger partial charge in [0.15, 0.2) is 0 Å². The zero-order chi connectivity index (χ0) is 24.5. The van der Waals surface area contributed by atoms with Gasteiger partial charge in [0.1, 0.15) is 11.6 Å². The van der Waals surface area contributed by atoms with Crippen LogP contribution in [0.1, 0.15) is 30.5 Å². The fourth-order valence-corrected chi connectivity index (χ4v) is 5.67. The number of nitrogens with zero attached hydrogens (tertiary/aromatic N) is 2. The summed E-state index contributed by atoms with van der Waals surface area (Å²) in [4.78, 5) is -0.275. The van der Waals surface area contributed by atoms with Gasteiger partial charge in [-0.3, -0.25) is 4.72 Å². The molecule has 0 aliphatic carbocycles. The average Bonchev–Trinajstić information content (AvgIpc) is 3.26. The molecule has 7 nitrogen and oxygen atoms in total. The summed E-state index contributed by atoms with van der Waals surface area (Å²) in [7, 11) is -7.71. The molecule has 0 unspecified atom stereocenters. The monoisotopic (exact) mass is 505 g/mol. The van der Waals surface area contributed by atoms with E-state index in [0.29, 0.717) is 22.5 Å². The number of nitrogens with one attached hydrogen (secondary N) is 1. The lowest BCUT2D eigenvalue weighted by atomic mass is 9.99. The molecule has 1 atom stereocenters. The Balaban J connectivity index is 1.73. The molecule has 0 fully saturated rings. The van der Waals surface area contributed by atoms with Crippen molar-refractivity contribution in [3.05, 3.63) is 95.6 Å². The Bertz CT molecular complexity index is 1460. The maximum atomic E-state index is 13.9. The van der Waals surface area contributed by atoms with Crippen LogP contribution in [-0.2, 0) is 20.0 Å².